The molecule has 0 aromatic carbocycles. The molecule has 1 aliphatic heterocycles. The van der Waals surface area contributed by atoms with Crippen molar-refractivity contribution in [1.29, 1.82) is 0 Å². The number of rotatable bonds is 4. The molecule has 3 atom stereocenters. The van der Waals surface area contributed by atoms with Crippen molar-refractivity contribution in [2.75, 3.05) is 6.54 Å². The van der Waals surface area contributed by atoms with Crippen LogP contribution in [0.15, 0.2) is 0 Å². The van der Waals surface area contributed by atoms with Crippen LogP contribution in [0.3, 0.4) is 0 Å². The van der Waals surface area contributed by atoms with Crippen molar-refractivity contribution in [2.24, 2.45) is 11.7 Å². The Bertz CT molecular complexity index is 230. The van der Waals surface area contributed by atoms with E-state index in [0.717, 1.165) is 32.2 Å². The highest BCUT2D eigenvalue weighted by Gasteiger charge is 2.29. The predicted molar refractivity (Wildman–Crippen MR) is 67.1 cm³/mol. The maximum atomic E-state index is 12.2. The van der Waals surface area contributed by atoms with Gasteiger partial charge in [0.1, 0.15) is 0 Å². The van der Waals surface area contributed by atoms with Gasteiger partial charge in [0.05, 0.1) is 6.04 Å². The molecular weight excluding hydrogens is 200 g/mol. The largest absolute Gasteiger partial charge is 0.338 e. The molecule has 1 rings (SSSR count). The lowest BCUT2D eigenvalue weighted by Gasteiger charge is -2.38. The first kappa shape index (κ1) is 13.5. The molecule has 0 aromatic heterocycles. The van der Waals surface area contributed by atoms with E-state index in [1.807, 2.05) is 4.90 Å². The van der Waals surface area contributed by atoms with Crippen molar-refractivity contribution in [3.63, 3.8) is 0 Å². The first-order valence-corrected chi connectivity index (χ1v) is 6.62. The first-order chi connectivity index (χ1) is 7.56. The normalized spacial score (nSPS) is 27.9. The minimum Gasteiger partial charge on any atom is -0.338 e. The number of carbonyl (C=O) groups excluding carboxylic acids is 1. The zero-order chi connectivity index (χ0) is 12.1. The number of nitrogens with two attached hydrogens (primary N) is 1. The van der Waals surface area contributed by atoms with Crippen molar-refractivity contribution in [3.05, 3.63) is 0 Å². The molecular formula is C13H26N2O. The van der Waals surface area contributed by atoms with Crippen LogP contribution in [0.4, 0.5) is 0 Å². The topological polar surface area (TPSA) is 46.3 Å². The second kappa shape index (κ2) is 6.24. The van der Waals surface area contributed by atoms with E-state index < -0.39 is 0 Å². The lowest BCUT2D eigenvalue weighted by atomic mass is 9.94. The van der Waals surface area contributed by atoms with Gasteiger partial charge in [-0.25, -0.2) is 0 Å². The highest BCUT2D eigenvalue weighted by Crippen LogP contribution is 2.22. The molecule has 2 N–H and O–H groups in total. The number of hydrogen-bond acceptors (Lipinski definition) is 2. The van der Waals surface area contributed by atoms with Gasteiger partial charge in [0.2, 0.25) is 5.91 Å². The van der Waals surface area contributed by atoms with Crippen LogP contribution in [0.5, 0.6) is 0 Å². The number of hydrogen-bond donors (Lipinski definition) is 1. The maximum absolute atomic E-state index is 12.2. The van der Waals surface area contributed by atoms with E-state index in [1.54, 1.807) is 0 Å². The van der Waals surface area contributed by atoms with Crippen LogP contribution >= 0.6 is 0 Å². The van der Waals surface area contributed by atoms with Crippen LogP contribution in [0.2, 0.25) is 0 Å². The smallest absolute Gasteiger partial charge is 0.239 e. The quantitative estimate of drug-likeness (QED) is 0.798. The monoisotopic (exact) mass is 226 g/mol. The zero-order valence-corrected chi connectivity index (χ0v) is 10.9. The van der Waals surface area contributed by atoms with Gasteiger partial charge in [-0.2, -0.15) is 0 Å². The minimum absolute atomic E-state index is 0.160. The molecule has 0 aromatic rings. The van der Waals surface area contributed by atoms with Crippen molar-refractivity contribution >= 4 is 5.91 Å². The summed E-state index contributed by atoms with van der Waals surface area (Å²) in [5.74, 6) is 0.783. The molecule has 1 saturated heterocycles. The van der Waals surface area contributed by atoms with E-state index >= 15 is 0 Å². The third kappa shape index (κ3) is 3.48. The van der Waals surface area contributed by atoms with Gasteiger partial charge in [-0.05, 0) is 32.1 Å². The molecule has 0 radical (unpaired) electrons. The second-order valence-electron chi connectivity index (χ2n) is 5.27. The summed E-state index contributed by atoms with van der Waals surface area (Å²) < 4.78 is 0. The zero-order valence-electron chi connectivity index (χ0n) is 10.9. The first-order valence-electron chi connectivity index (χ1n) is 6.62. The summed E-state index contributed by atoms with van der Waals surface area (Å²) in [5.41, 5.74) is 5.95. The van der Waals surface area contributed by atoms with Crippen LogP contribution in [0.25, 0.3) is 0 Å². The highest BCUT2D eigenvalue weighted by atomic mass is 16.2. The molecule has 0 bridgehead atoms. The number of amides is 1. The average Bonchev–Trinajstić information content (AvgIpc) is 2.28. The van der Waals surface area contributed by atoms with Gasteiger partial charge in [-0.3, -0.25) is 4.79 Å². The van der Waals surface area contributed by atoms with E-state index in [9.17, 15) is 4.79 Å². The Morgan fingerprint density at radius 3 is 2.75 bits per heavy atom. The highest BCUT2D eigenvalue weighted by molar-refractivity contribution is 5.82. The maximum Gasteiger partial charge on any atom is 0.239 e. The third-order valence-electron chi connectivity index (χ3n) is 3.59. The van der Waals surface area contributed by atoms with E-state index in [0.29, 0.717) is 12.0 Å². The molecule has 94 valence electrons. The standard InChI is InChI=1S/C13H26N2O/c1-4-5-6-12(14)13(16)15-9-10(2)7-8-11(15)3/h10-12H,4-9,14H2,1-3H3. The summed E-state index contributed by atoms with van der Waals surface area (Å²) in [6, 6.07) is 0.0871. The fraction of sp³-hybridized carbons (Fsp3) is 0.923. The lowest BCUT2D eigenvalue weighted by Crippen LogP contribution is -2.51. The number of nitrogens with zero attached hydrogens (tertiary/aromatic N) is 1. The van der Waals surface area contributed by atoms with Crippen molar-refractivity contribution in [1.82, 2.24) is 4.90 Å². The Balaban J connectivity index is 2.50. The number of carbonyl (C=O) groups is 1. The van der Waals surface area contributed by atoms with Crippen molar-refractivity contribution < 1.29 is 4.79 Å². The fourth-order valence-corrected chi connectivity index (χ4v) is 2.36. The molecule has 0 aliphatic carbocycles. The molecule has 1 fully saturated rings. The molecule has 1 amide bonds. The van der Waals surface area contributed by atoms with E-state index in [4.69, 9.17) is 5.73 Å². The average molecular weight is 226 g/mol. The van der Waals surface area contributed by atoms with E-state index in [-0.39, 0.29) is 11.9 Å². The molecule has 3 heteroatoms. The Morgan fingerprint density at radius 2 is 2.12 bits per heavy atom. The van der Waals surface area contributed by atoms with Gasteiger partial charge in [0, 0.05) is 12.6 Å². The second-order valence-corrected chi connectivity index (χ2v) is 5.27. The summed E-state index contributed by atoms with van der Waals surface area (Å²) in [7, 11) is 0. The van der Waals surface area contributed by atoms with Crippen LogP contribution in [0, 0.1) is 5.92 Å². The molecule has 1 heterocycles. The van der Waals surface area contributed by atoms with Crippen LogP contribution < -0.4 is 5.73 Å². The fourth-order valence-electron chi connectivity index (χ4n) is 2.36. The molecule has 3 nitrogen and oxygen atoms in total. The summed E-state index contributed by atoms with van der Waals surface area (Å²) in [6.45, 7) is 7.36. The van der Waals surface area contributed by atoms with Crippen LogP contribution in [0.1, 0.15) is 52.9 Å². The van der Waals surface area contributed by atoms with Crippen molar-refractivity contribution in [3.8, 4) is 0 Å². The summed E-state index contributed by atoms with van der Waals surface area (Å²) in [4.78, 5) is 14.2. The predicted octanol–water partition coefficient (Wildman–Crippen LogP) is 2.15. The summed E-state index contributed by atoms with van der Waals surface area (Å²) in [5, 5.41) is 0. The van der Waals surface area contributed by atoms with Gasteiger partial charge >= 0.3 is 0 Å². The SMILES string of the molecule is CCCCC(N)C(=O)N1CC(C)CCC1C. The number of unbranched alkanes of at least 4 members (excludes halogenated alkanes) is 1. The Kier molecular flexibility index (Phi) is 5.26. The molecule has 3 unspecified atom stereocenters. The Labute approximate surface area is 99.4 Å². The summed E-state index contributed by atoms with van der Waals surface area (Å²) >= 11 is 0. The lowest BCUT2D eigenvalue weighted by molar-refractivity contribution is -0.137. The molecule has 0 saturated carbocycles. The molecule has 16 heavy (non-hydrogen) atoms. The van der Waals surface area contributed by atoms with E-state index in [2.05, 4.69) is 20.8 Å². The summed E-state index contributed by atoms with van der Waals surface area (Å²) in [6.07, 6.45) is 5.33. The minimum atomic E-state index is -0.285. The molecule has 1 aliphatic rings. The van der Waals surface area contributed by atoms with Gasteiger partial charge in [0.25, 0.3) is 0 Å². The van der Waals surface area contributed by atoms with E-state index in [1.165, 1.54) is 6.42 Å². The van der Waals surface area contributed by atoms with Gasteiger partial charge in [-0.15, -0.1) is 0 Å². The number of piperidine rings is 1. The van der Waals surface area contributed by atoms with Gasteiger partial charge < -0.3 is 10.6 Å². The number of likely N-dealkylation sites (tertiary alicyclic amines) is 1. The Morgan fingerprint density at radius 1 is 1.44 bits per heavy atom. The Hall–Kier alpha value is -0.570. The van der Waals surface area contributed by atoms with Crippen LogP contribution in [-0.4, -0.2) is 29.4 Å². The van der Waals surface area contributed by atoms with Crippen LogP contribution in [-0.2, 0) is 4.79 Å². The van der Waals surface area contributed by atoms with Crippen molar-refractivity contribution in [2.45, 2.75) is 65.0 Å². The van der Waals surface area contributed by atoms with Gasteiger partial charge in [-0.1, -0.05) is 26.7 Å². The third-order valence-corrected chi connectivity index (χ3v) is 3.59. The molecule has 0 spiro atoms. The van der Waals surface area contributed by atoms with Gasteiger partial charge in [0.15, 0.2) is 0 Å².